The molecule has 0 bridgehead atoms. The number of benzene rings is 2. The van der Waals surface area contributed by atoms with Gasteiger partial charge in [0.1, 0.15) is 5.82 Å². The third-order valence-electron chi connectivity index (χ3n) is 5.13. The minimum Gasteiger partial charge on any atom is -0.326 e. The van der Waals surface area contributed by atoms with Crippen LogP contribution in [-0.2, 0) is 20.6 Å². The lowest BCUT2D eigenvalue weighted by Gasteiger charge is -2.30. The zero-order chi connectivity index (χ0) is 20.3. The molecule has 5 nitrogen and oxygen atoms in total. The number of carbonyl (C=O) groups is 1. The van der Waals surface area contributed by atoms with Crippen LogP contribution in [0.4, 0.5) is 10.1 Å². The van der Waals surface area contributed by atoms with Crippen LogP contribution in [0.15, 0.2) is 42.5 Å². The topological polar surface area (TPSA) is 66.5 Å². The van der Waals surface area contributed by atoms with Gasteiger partial charge in [-0.05, 0) is 61.6 Å². The molecule has 1 saturated heterocycles. The second kappa shape index (κ2) is 8.41. The van der Waals surface area contributed by atoms with Gasteiger partial charge in [-0.25, -0.2) is 17.1 Å². The molecule has 1 aliphatic rings. The summed E-state index contributed by atoms with van der Waals surface area (Å²) in [7, 11) is -3.49. The summed E-state index contributed by atoms with van der Waals surface area (Å²) in [5.41, 5.74) is 3.42. The fourth-order valence-electron chi connectivity index (χ4n) is 3.38. The lowest BCUT2D eigenvalue weighted by molar-refractivity contribution is -0.120. The van der Waals surface area contributed by atoms with E-state index >= 15 is 0 Å². The van der Waals surface area contributed by atoms with Crippen LogP contribution < -0.4 is 5.32 Å². The number of nitrogens with one attached hydrogen (secondary N) is 1. The Labute approximate surface area is 165 Å². The van der Waals surface area contributed by atoms with Crippen LogP contribution in [0.1, 0.15) is 29.5 Å². The predicted octanol–water partition coefficient (Wildman–Crippen LogP) is 3.62. The van der Waals surface area contributed by atoms with Crippen LogP contribution in [-0.4, -0.2) is 31.7 Å². The number of carbonyl (C=O) groups excluding carboxylic acids is 1. The fourth-order valence-corrected chi connectivity index (χ4v) is 4.95. The summed E-state index contributed by atoms with van der Waals surface area (Å²) in [4.78, 5) is 12.6. The first-order valence-electron chi connectivity index (χ1n) is 9.35. The number of rotatable bonds is 5. The van der Waals surface area contributed by atoms with Gasteiger partial charge in [0, 0.05) is 24.7 Å². The maximum Gasteiger partial charge on any atom is 0.227 e. The molecule has 0 aromatic heterocycles. The van der Waals surface area contributed by atoms with Crippen molar-refractivity contribution in [3.63, 3.8) is 0 Å². The Morgan fingerprint density at radius 2 is 1.75 bits per heavy atom. The highest BCUT2D eigenvalue weighted by molar-refractivity contribution is 7.88. The summed E-state index contributed by atoms with van der Waals surface area (Å²) >= 11 is 0. The van der Waals surface area contributed by atoms with Crippen molar-refractivity contribution in [1.29, 1.82) is 0 Å². The monoisotopic (exact) mass is 404 g/mol. The molecule has 0 spiro atoms. The van der Waals surface area contributed by atoms with Crippen molar-refractivity contribution in [3.05, 3.63) is 65.0 Å². The molecule has 1 fully saturated rings. The van der Waals surface area contributed by atoms with Gasteiger partial charge in [-0.3, -0.25) is 4.79 Å². The first-order chi connectivity index (χ1) is 13.2. The minimum absolute atomic E-state index is 0.0655. The van der Waals surface area contributed by atoms with E-state index in [1.54, 1.807) is 0 Å². The van der Waals surface area contributed by atoms with Crippen molar-refractivity contribution in [2.24, 2.45) is 5.92 Å². The second-order valence-electron chi connectivity index (χ2n) is 7.36. The summed E-state index contributed by atoms with van der Waals surface area (Å²) in [6.45, 7) is 4.54. The molecule has 0 atom stereocenters. The lowest BCUT2D eigenvalue weighted by Crippen LogP contribution is -2.41. The zero-order valence-electron chi connectivity index (χ0n) is 16.1. The van der Waals surface area contributed by atoms with E-state index in [1.807, 2.05) is 32.0 Å². The van der Waals surface area contributed by atoms with Gasteiger partial charge >= 0.3 is 0 Å². The number of aryl methyl sites for hydroxylation is 2. The second-order valence-corrected chi connectivity index (χ2v) is 9.33. The van der Waals surface area contributed by atoms with Gasteiger partial charge in [-0.15, -0.1) is 0 Å². The van der Waals surface area contributed by atoms with E-state index in [2.05, 4.69) is 5.32 Å². The Morgan fingerprint density at radius 3 is 2.39 bits per heavy atom. The average molecular weight is 405 g/mol. The maximum absolute atomic E-state index is 13.0. The molecule has 150 valence electrons. The molecule has 1 N–H and O–H groups in total. The molecular formula is C21H25FN2O3S. The molecule has 0 saturated carbocycles. The number of hydrogen-bond donors (Lipinski definition) is 1. The van der Waals surface area contributed by atoms with E-state index in [0.717, 1.165) is 16.8 Å². The summed E-state index contributed by atoms with van der Waals surface area (Å²) in [6.07, 6.45) is 0.971. The van der Waals surface area contributed by atoms with Gasteiger partial charge < -0.3 is 5.32 Å². The van der Waals surface area contributed by atoms with Crippen LogP contribution >= 0.6 is 0 Å². The van der Waals surface area contributed by atoms with E-state index in [-0.39, 0.29) is 17.6 Å². The number of nitrogens with zero attached hydrogens (tertiary/aromatic N) is 1. The SMILES string of the molecule is Cc1ccc(C)c(NC(=O)C2CCN(S(=O)(=O)Cc3ccc(F)cc3)CC2)c1. The van der Waals surface area contributed by atoms with Gasteiger partial charge in [-0.1, -0.05) is 24.3 Å². The Morgan fingerprint density at radius 1 is 1.11 bits per heavy atom. The molecule has 1 heterocycles. The van der Waals surface area contributed by atoms with Crippen LogP contribution in [0.5, 0.6) is 0 Å². The summed E-state index contributed by atoms with van der Waals surface area (Å²) in [5, 5.41) is 2.98. The van der Waals surface area contributed by atoms with Crippen molar-refractivity contribution in [1.82, 2.24) is 4.31 Å². The summed E-state index contributed by atoms with van der Waals surface area (Å²) < 4.78 is 39.7. The quantitative estimate of drug-likeness (QED) is 0.828. The first kappa shape index (κ1) is 20.5. The molecule has 0 unspecified atom stereocenters. The molecule has 1 aliphatic heterocycles. The van der Waals surface area contributed by atoms with Crippen LogP contribution in [0.2, 0.25) is 0 Å². The molecule has 2 aromatic rings. The number of sulfonamides is 1. The minimum atomic E-state index is -3.49. The Kier molecular flexibility index (Phi) is 6.15. The number of halogens is 1. The summed E-state index contributed by atoms with van der Waals surface area (Å²) in [6, 6.07) is 11.4. The van der Waals surface area contributed by atoms with Crippen molar-refractivity contribution in [2.75, 3.05) is 18.4 Å². The van der Waals surface area contributed by atoms with E-state index in [4.69, 9.17) is 0 Å². The maximum atomic E-state index is 13.0. The highest BCUT2D eigenvalue weighted by Gasteiger charge is 2.31. The molecule has 1 amide bonds. The van der Waals surface area contributed by atoms with Crippen molar-refractivity contribution < 1.29 is 17.6 Å². The van der Waals surface area contributed by atoms with Gasteiger partial charge in [0.15, 0.2) is 0 Å². The smallest absolute Gasteiger partial charge is 0.227 e. The van der Waals surface area contributed by atoms with E-state index in [0.29, 0.717) is 31.5 Å². The van der Waals surface area contributed by atoms with Crippen LogP contribution in [0.25, 0.3) is 0 Å². The van der Waals surface area contributed by atoms with Crippen molar-refractivity contribution >= 4 is 21.6 Å². The van der Waals surface area contributed by atoms with E-state index in [9.17, 15) is 17.6 Å². The fraction of sp³-hybridized carbons (Fsp3) is 0.381. The third kappa shape index (κ3) is 4.97. The first-order valence-corrected chi connectivity index (χ1v) is 11.0. The molecule has 0 aliphatic carbocycles. The zero-order valence-corrected chi connectivity index (χ0v) is 16.9. The van der Waals surface area contributed by atoms with Gasteiger partial charge in [0.05, 0.1) is 5.75 Å². The molecule has 2 aromatic carbocycles. The Balaban J connectivity index is 1.58. The van der Waals surface area contributed by atoms with Crippen molar-refractivity contribution in [2.45, 2.75) is 32.4 Å². The third-order valence-corrected chi connectivity index (χ3v) is 6.98. The van der Waals surface area contributed by atoms with Crippen molar-refractivity contribution in [3.8, 4) is 0 Å². The van der Waals surface area contributed by atoms with E-state index in [1.165, 1.54) is 28.6 Å². The average Bonchev–Trinajstić information content (AvgIpc) is 2.66. The van der Waals surface area contributed by atoms with Gasteiger partial charge in [0.2, 0.25) is 15.9 Å². The standard InChI is InChI=1S/C21H25FN2O3S/c1-15-3-4-16(2)20(13-15)23-21(25)18-9-11-24(12-10-18)28(26,27)14-17-5-7-19(22)8-6-17/h3-8,13,18H,9-12,14H2,1-2H3,(H,23,25). The summed E-state index contributed by atoms with van der Waals surface area (Å²) in [5.74, 6) is -0.828. The Hall–Kier alpha value is -2.25. The van der Waals surface area contributed by atoms with Gasteiger partial charge in [0.25, 0.3) is 0 Å². The van der Waals surface area contributed by atoms with Gasteiger partial charge in [-0.2, -0.15) is 0 Å². The Bertz CT molecular complexity index is 950. The lowest BCUT2D eigenvalue weighted by atomic mass is 9.97. The normalized spacial score (nSPS) is 16.1. The van der Waals surface area contributed by atoms with Crippen LogP contribution in [0, 0.1) is 25.6 Å². The predicted molar refractivity (Wildman–Crippen MR) is 108 cm³/mol. The molecular weight excluding hydrogens is 379 g/mol. The number of anilines is 1. The number of piperidine rings is 1. The van der Waals surface area contributed by atoms with E-state index < -0.39 is 15.8 Å². The molecule has 28 heavy (non-hydrogen) atoms. The molecule has 0 radical (unpaired) electrons. The number of amides is 1. The highest BCUT2D eigenvalue weighted by atomic mass is 32.2. The molecule has 3 rings (SSSR count). The molecule has 7 heteroatoms. The number of hydrogen-bond acceptors (Lipinski definition) is 3. The highest BCUT2D eigenvalue weighted by Crippen LogP contribution is 2.24. The van der Waals surface area contributed by atoms with Crippen LogP contribution in [0.3, 0.4) is 0 Å². The largest absolute Gasteiger partial charge is 0.326 e.